The van der Waals surface area contributed by atoms with E-state index in [4.69, 9.17) is 47.4 Å². The van der Waals surface area contributed by atoms with Crippen molar-refractivity contribution in [3.05, 3.63) is 251 Å². The van der Waals surface area contributed by atoms with Gasteiger partial charge in [-0.1, -0.05) is 127 Å². The Labute approximate surface area is 447 Å². The van der Waals surface area contributed by atoms with Gasteiger partial charge in [-0.25, -0.2) is 33.6 Å². The van der Waals surface area contributed by atoms with Gasteiger partial charge in [0.2, 0.25) is 0 Å². The highest BCUT2D eigenvalue weighted by Crippen LogP contribution is 2.34. The van der Waals surface area contributed by atoms with Gasteiger partial charge in [-0.05, 0) is 84.9 Å². The Balaban J connectivity index is 1.10. The highest BCUT2D eigenvalue weighted by Gasteiger charge is 2.55. The van der Waals surface area contributed by atoms with Gasteiger partial charge in [0.15, 0.2) is 42.9 Å². The molecule has 0 bridgehead atoms. The zero-order chi connectivity index (χ0) is 54.2. The molecule has 0 amide bonds. The lowest BCUT2D eigenvalue weighted by Crippen LogP contribution is -2.64. The number of carbonyl (C=O) groups is 7. The zero-order valence-corrected chi connectivity index (χ0v) is 41.5. The molecule has 7 aromatic carbocycles. The summed E-state index contributed by atoms with van der Waals surface area (Å²) in [6, 6.07) is 55.5. The minimum atomic E-state index is -1.81. The summed E-state index contributed by atoms with van der Waals surface area (Å²) in [6.45, 7) is -1.73. The summed E-state index contributed by atoms with van der Waals surface area (Å²) in [4.78, 5) is 97.9. The molecule has 78 heavy (non-hydrogen) atoms. The molecular formula is C61H50O17. The quantitative estimate of drug-likeness (QED) is 0.0584. The Morgan fingerprint density at radius 2 is 0.615 bits per heavy atom. The highest BCUT2D eigenvalue weighted by molar-refractivity contribution is 5.93. The second-order valence-corrected chi connectivity index (χ2v) is 17.7. The minimum Gasteiger partial charge on any atom is -0.459 e. The molecular weight excluding hydrogens is 1000 g/mol. The van der Waals surface area contributed by atoms with Crippen LogP contribution in [0.5, 0.6) is 0 Å². The second-order valence-electron chi connectivity index (χ2n) is 17.7. The first-order chi connectivity index (χ1) is 38.1. The van der Waals surface area contributed by atoms with E-state index in [-0.39, 0.29) is 38.9 Å². The van der Waals surface area contributed by atoms with Crippen LogP contribution in [0.15, 0.2) is 212 Å². The Hall–Kier alpha value is -9.29. The SMILES string of the molecule is O=C(OC[C@H]1O[C@@H](OC[C@H]2OC[C@H](OC(=O)c3ccccc3)[C@@H](OC(=O)c3ccccc3)[C@@H]2OC(=O)c2ccccc2)[C@H](OC(=O)c2ccccc2)[C@@H](OC(=O)c2ccccc2)[C@@H]1OC(=O)c1ccccc1)c1ccccc1. The van der Waals surface area contributed by atoms with E-state index in [0.717, 1.165) is 0 Å². The molecule has 2 saturated heterocycles. The van der Waals surface area contributed by atoms with Gasteiger partial charge in [0.1, 0.15) is 18.8 Å². The molecule has 396 valence electrons. The number of hydrogen-bond donors (Lipinski definition) is 0. The summed E-state index contributed by atoms with van der Waals surface area (Å²) in [7, 11) is 0. The van der Waals surface area contributed by atoms with Crippen molar-refractivity contribution in [3.63, 3.8) is 0 Å². The summed E-state index contributed by atoms with van der Waals surface area (Å²) in [5.74, 6) is -6.13. The summed E-state index contributed by atoms with van der Waals surface area (Å²) >= 11 is 0. The van der Waals surface area contributed by atoms with Gasteiger partial charge < -0.3 is 47.4 Å². The number of rotatable bonds is 18. The van der Waals surface area contributed by atoms with Gasteiger partial charge in [-0.2, -0.15) is 0 Å². The van der Waals surface area contributed by atoms with Crippen molar-refractivity contribution in [2.24, 2.45) is 0 Å². The van der Waals surface area contributed by atoms with Crippen molar-refractivity contribution in [2.75, 3.05) is 19.8 Å². The lowest BCUT2D eigenvalue weighted by atomic mass is 9.97. The largest absolute Gasteiger partial charge is 0.459 e. The van der Waals surface area contributed by atoms with E-state index in [0.29, 0.717) is 0 Å². The summed E-state index contributed by atoms with van der Waals surface area (Å²) in [6.07, 6.45) is -14.6. The fourth-order valence-corrected chi connectivity index (χ4v) is 8.52. The monoisotopic (exact) mass is 1050 g/mol. The van der Waals surface area contributed by atoms with E-state index in [1.807, 2.05) is 0 Å². The molecule has 0 unspecified atom stereocenters. The normalized spacial score (nSPS) is 21.6. The van der Waals surface area contributed by atoms with Crippen molar-refractivity contribution in [1.29, 1.82) is 0 Å². The van der Waals surface area contributed by atoms with E-state index in [2.05, 4.69) is 0 Å². The van der Waals surface area contributed by atoms with Crippen LogP contribution in [0.4, 0.5) is 0 Å². The van der Waals surface area contributed by atoms with E-state index in [1.54, 1.807) is 127 Å². The predicted octanol–water partition coefficient (Wildman–Crippen LogP) is 8.34. The Morgan fingerprint density at radius 1 is 0.321 bits per heavy atom. The molecule has 0 saturated carbocycles. The molecule has 7 aromatic rings. The topological polar surface area (TPSA) is 212 Å². The smallest absolute Gasteiger partial charge is 0.338 e. The van der Waals surface area contributed by atoms with E-state index >= 15 is 0 Å². The average molecular weight is 1060 g/mol. The van der Waals surface area contributed by atoms with Gasteiger partial charge in [0, 0.05) is 0 Å². The third-order valence-electron chi connectivity index (χ3n) is 12.5. The summed E-state index contributed by atoms with van der Waals surface area (Å²) in [5.41, 5.74) is 0.761. The molecule has 0 N–H and O–H groups in total. The third kappa shape index (κ3) is 13.6. The van der Waals surface area contributed by atoms with Crippen molar-refractivity contribution in [3.8, 4) is 0 Å². The first kappa shape index (κ1) is 53.5. The first-order valence-corrected chi connectivity index (χ1v) is 24.8. The number of carbonyl (C=O) groups excluding carboxylic acids is 7. The highest BCUT2D eigenvalue weighted by atomic mass is 16.7. The van der Waals surface area contributed by atoms with Crippen LogP contribution in [0.2, 0.25) is 0 Å². The van der Waals surface area contributed by atoms with Gasteiger partial charge in [0.25, 0.3) is 0 Å². The third-order valence-corrected chi connectivity index (χ3v) is 12.5. The van der Waals surface area contributed by atoms with Crippen LogP contribution < -0.4 is 0 Å². The zero-order valence-electron chi connectivity index (χ0n) is 41.5. The molecule has 17 nitrogen and oxygen atoms in total. The molecule has 17 heteroatoms. The van der Waals surface area contributed by atoms with Crippen LogP contribution in [-0.2, 0) is 47.4 Å². The van der Waals surface area contributed by atoms with Crippen LogP contribution in [0, 0.1) is 0 Å². The number of benzene rings is 7. The first-order valence-electron chi connectivity index (χ1n) is 24.8. The molecule has 2 aliphatic heterocycles. The van der Waals surface area contributed by atoms with Crippen molar-refractivity contribution in [2.45, 2.75) is 55.1 Å². The van der Waals surface area contributed by atoms with Crippen LogP contribution >= 0.6 is 0 Å². The van der Waals surface area contributed by atoms with Gasteiger partial charge in [0.05, 0.1) is 52.2 Å². The van der Waals surface area contributed by atoms with Crippen LogP contribution in [0.25, 0.3) is 0 Å². The molecule has 2 heterocycles. The molecule has 9 atom stereocenters. The fourth-order valence-electron chi connectivity index (χ4n) is 8.52. The lowest BCUT2D eigenvalue weighted by molar-refractivity contribution is -0.308. The molecule has 0 spiro atoms. The minimum absolute atomic E-state index is 0.0591. The molecule has 0 aromatic heterocycles. The Bertz CT molecular complexity index is 3130. The van der Waals surface area contributed by atoms with Crippen molar-refractivity contribution >= 4 is 41.8 Å². The van der Waals surface area contributed by atoms with Gasteiger partial charge in [-0.3, -0.25) is 0 Å². The standard InChI is InChI=1S/C61H50O17/c62-54(39-22-8-1-9-23-39)70-38-48-51(76-58(66)43-30-16-5-17-31-43)52(77-59(67)44-32-18-6-19-33-44)53(78-60(68)45-34-20-7-21-35-45)61(73-48)71-36-46-49(74-56(64)41-26-12-3-13-27-41)50(75-57(65)42-28-14-4-15-29-42)47(37-69-46)72-55(63)40-24-10-2-11-25-40/h1-35,46-53,61H,36-38H2/t46-,47+,48-,49-,50-,51-,52+,53-,61-/m1/s1. The fraction of sp³-hybridized carbons (Fsp3) is 0.197. The lowest BCUT2D eigenvalue weighted by Gasteiger charge is -2.45. The summed E-state index contributed by atoms with van der Waals surface area (Å²) in [5, 5.41) is 0. The van der Waals surface area contributed by atoms with E-state index < -0.39 is 117 Å². The van der Waals surface area contributed by atoms with Crippen molar-refractivity contribution < 1.29 is 80.9 Å². The van der Waals surface area contributed by atoms with Crippen LogP contribution in [-0.4, -0.2) is 117 Å². The Morgan fingerprint density at radius 3 is 0.987 bits per heavy atom. The van der Waals surface area contributed by atoms with Gasteiger partial charge >= 0.3 is 41.8 Å². The maximum atomic E-state index is 14.3. The second kappa shape index (κ2) is 26.0. The molecule has 2 fully saturated rings. The van der Waals surface area contributed by atoms with Crippen LogP contribution in [0.1, 0.15) is 72.5 Å². The number of ether oxygens (including phenoxy) is 10. The maximum Gasteiger partial charge on any atom is 0.338 e. The van der Waals surface area contributed by atoms with Gasteiger partial charge in [-0.15, -0.1) is 0 Å². The van der Waals surface area contributed by atoms with E-state index in [9.17, 15) is 33.6 Å². The van der Waals surface area contributed by atoms with E-state index in [1.165, 1.54) is 84.9 Å². The molecule has 9 rings (SSSR count). The number of hydrogen-bond acceptors (Lipinski definition) is 17. The average Bonchev–Trinajstić information content (AvgIpc) is 3.55. The maximum absolute atomic E-state index is 14.3. The Kier molecular flexibility index (Phi) is 17.8. The molecule has 0 aliphatic carbocycles. The number of esters is 7. The van der Waals surface area contributed by atoms with Crippen LogP contribution in [0.3, 0.4) is 0 Å². The molecule has 2 aliphatic rings. The molecule has 0 radical (unpaired) electrons. The summed E-state index contributed by atoms with van der Waals surface area (Å²) < 4.78 is 62.1. The van der Waals surface area contributed by atoms with Crippen molar-refractivity contribution in [1.82, 2.24) is 0 Å². The predicted molar refractivity (Wildman–Crippen MR) is 275 cm³/mol.